The van der Waals surface area contributed by atoms with Gasteiger partial charge in [-0.15, -0.1) is 0 Å². The summed E-state index contributed by atoms with van der Waals surface area (Å²) < 4.78 is 5.34. The van der Waals surface area contributed by atoms with Crippen molar-refractivity contribution in [1.29, 1.82) is 0 Å². The summed E-state index contributed by atoms with van der Waals surface area (Å²) in [6, 6.07) is 9.92. The largest absolute Gasteiger partial charge is 0.385 e. The standard InChI is InChI=1S/C15H23N3O2/c1-18-10-11-20-12-14(18)15(19)17-9-5-8-16-13-6-3-2-4-7-13/h2-4,6-7,14,16H,5,8-12H2,1H3,(H,17,19). The van der Waals surface area contributed by atoms with Crippen molar-refractivity contribution >= 4 is 11.6 Å². The zero-order chi connectivity index (χ0) is 14.2. The zero-order valence-electron chi connectivity index (χ0n) is 12.0. The van der Waals surface area contributed by atoms with E-state index in [1.807, 2.05) is 42.3 Å². The van der Waals surface area contributed by atoms with Gasteiger partial charge in [0.05, 0.1) is 13.2 Å². The Morgan fingerprint density at radius 2 is 2.15 bits per heavy atom. The van der Waals surface area contributed by atoms with Gasteiger partial charge >= 0.3 is 0 Å². The molecule has 1 heterocycles. The Labute approximate surface area is 120 Å². The number of amides is 1. The van der Waals surface area contributed by atoms with Crippen molar-refractivity contribution < 1.29 is 9.53 Å². The van der Waals surface area contributed by atoms with Crippen LogP contribution in [0.25, 0.3) is 0 Å². The van der Waals surface area contributed by atoms with E-state index < -0.39 is 0 Å². The van der Waals surface area contributed by atoms with Gasteiger partial charge in [0.1, 0.15) is 6.04 Å². The second kappa shape index (κ2) is 7.87. The minimum Gasteiger partial charge on any atom is -0.385 e. The third kappa shape index (κ3) is 4.51. The molecule has 0 bridgehead atoms. The van der Waals surface area contributed by atoms with Crippen LogP contribution in [0, 0.1) is 0 Å². The lowest BCUT2D eigenvalue weighted by molar-refractivity contribution is -0.131. The quantitative estimate of drug-likeness (QED) is 0.760. The molecule has 0 aromatic heterocycles. The lowest BCUT2D eigenvalue weighted by Gasteiger charge is -2.31. The highest BCUT2D eigenvalue weighted by molar-refractivity contribution is 5.81. The van der Waals surface area contributed by atoms with Gasteiger partial charge in [-0.25, -0.2) is 0 Å². The first-order valence-corrected chi connectivity index (χ1v) is 7.12. The maximum atomic E-state index is 12.0. The summed E-state index contributed by atoms with van der Waals surface area (Å²) in [4.78, 5) is 14.0. The molecule has 1 aromatic rings. The molecule has 1 amide bonds. The molecule has 5 heteroatoms. The van der Waals surface area contributed by atoms with Crippen LogP contribution in [0.3, 0.4) is 0 Å². The molecular formula is C15H23N3O2. The van der Waals surface area contributed by atoms with E-state index in [2.05, 4.69) is 10.6 Å². The van der Waals surface area contributed by atoms with Crippen molar-refractivity contribution in [2.75, 3.05) is 45.2 Å². The van der Waals surface area contributed by atoms with Gasteiger partial charge in [-0.05, 0) is 25.6 Å². The first kappa shape index (κ1) is 14.8. The molecule has 1 unspecified atom stereocenters. The van der Waals surface area contributed by atoms with Crippen molar-refractivity contribution in [2.24, 2.45) is 0 Å². The summed E-state index contributed by atoms with van der Waals surface area (Å²) >= 11 is 0. The molecule has 0 spiro atoms. The Hall–Kier alpha value is -1.59. The van der Waals surface area contributed by atoms with E-state index >= 15 is 0 Å². The van der Waals surface area contributed by atoms with Crippen LogP contribution in [0.2, 0.25) is 0 Å². The van der Waals surface area contributed by atoms with Crippen LogP contribution in [-0.4, -0.2) is 56.7 Å². The first-order valence-electron chi connectivity index (χ1n) is 7.12. The minimum atomic E-state index is -0.147. The monoisotopic (exact) mass is 277 g/mol. The van der Waals surface area contributed by atoms with E-state index in [1.54, 1.807) is 0 Å². The van der Waals surface area contributed by atoms with Gasteiger partial charge in [-0.3, -0.25) is 9.69 Å². The molecule has 110 valence electrons. The summed E-state index contributed by atoms with van der Waals surface area (Å²) in [6.07, 6.45) is 0.901. The van der Waals surface area contributed by atoms with Crippen LogP contribution in [-0.2, 0) is 9.53 Å². The molecular weight excluding hydrogens is 254 g/mol. The third-order valence-corrected chi connectivity index (χ3v) is 3.45. The van der Waals surface area contributed by atoms with Crippen molar-refractivity contribution in [3.05, 3.63) is 30.3 Å². The molecule has 0 aliphatic carbocycles. The van der Waals surface area contributed by atoms with Crippen molar-refractivity contribution in [2.45, 2.75) is 12.5 Å². The highest BCUT2D eigenvalue weighted by Crippen LogP contribution is 2.05. The average molecular weight is 277 g/mol. The summed E-state index contributed by atoms with van der Waals surface area (Å²) in [6.45, 7) is 3.55. The summed E-state index contributed by atoms with van der Waals surface area (Å²) in [5, 5.41) is 6.29. The van der Waals surface area contributed by atoms with Crippen LogP contribution >= 0.6 is 0 Å². The Morgan fingerprint density at radius 1 is 1.35 bits per heavy atom. The average Bonchev–Trinajstić information content (AvgIpc) is 2.48. The Balaban J connectivity index is 1.59. The van der Waals surface area contributed by atoms with Crippen LogP contribution in [0.5, 0.6) is 0 Å². The van der Waals surface area contributed by atoms with Gasteiger partial charge < -0.3 is 15.4 Å². The molecule has 1 aromatic carbocycles. The molecule has 0 radical (unpaired) electrons. The Morgan fingerprint density at radius 3 is 2.90 bits per heavy atom. The van der Waals surface area contributed by atoms with Gasteiger partial charge in [0, 0.05) is 25.3 Å². The molecule has 1 atom stereocenters. The lowest BCUT2D eigenvalue weighted by Crippen LogP contribution is -2.52. The third-order valence-electron chi connectivity index (χ3n) is 3.45. The number of nitrogens with one attached hydrogen (secondary N) is 2. The fourth-order valence-corrected chi connectivity index (χ4v) is 2.17. The van der Waals surface area contributed by atoms with Gasteiger partial charge in [-0.1, -0.05) is 18.2 Å². The molecule has 2 rings (SSSR count). The van der Waals surface area contributed by atoms with E-state index in [0.29, 0.717) is 19.8 Å². The van der Waals surface area contributed by atoms with Crippen LogP contribution in [0.4, 0.5) is 5.69 Å². The van der Waals surface area contributed by atoms with E-state index in [1.165, 1.54) is 0 Å². The first-order chi connectivity index (χ1) is 9.77. The predicted molar refractivity (Wildman–Crippen MR) is 79.8 cm³/mol. The second-order valence-corrected chi connectivity index (χ2v) is 5.01. The van der Waals surface area contributed by atoms with Gasteiger partial charge in [-0.2, -0.15) is 0 Å². The molecule has 2 N–H and O–H groups in total. The van der Waals surface area contributed by atoms with E-state index in [9.17, 15) is 4.79 Å². The number of para-hydroxylation sites is 1. The van der Waals surface area contributed by atoms with Crippen molar-refractivity contribution in [1.82, 2.24) is 10.2 Å². The topological polar surface area (TPSA) is 53.6 Å². The number of carbonyl (C=O) groups excluding carboxylic acids is 1. The smallest absolute Gasteiger partial charge is 0.239 e. The highest BCUT2D eigenvalue weighted by Gasteiger charge is 2.25. The van der Waals surface area contributed by atoms with Crippen molar-refractivity contribution in [3.63, 3.8) is 0 Å². The Kier molecular flexibility index (Phi) is 5.83. The van der Waals surface area contributed by atoms with Gasteiger partial charge in [0.25, 0.3) is 0 Å². The Bertz CT molecular complexity index is 411. The summed E-state index contributed by atoms with van der Waals surface area (Å²) in [7, 11) is 1.96. The van der Waals surface area contributed by atoms with E-state index in [-0.39, 0.29) is 11.9 Å². The molecule has 1 aliphatic rings. The van der Waals surface area contributed by atoms with Crippen LogP contribution in [0.15, 0.2) is 30.3 Å². The molecule has 1 aliphatic heterocycles. The molecule has 5 nitrogen and oxygen atoms in total. The fourth-order valence-electron chi connectivity index (χ4n) is 2.17. The van der Waals surface area contributed by atoms with E-state index in [0.717, 1.165) is 25.2 Å². The normalized spacial score (nSPS) is 19.6. The SMILES string of the molecule is CN1CCOCC1C(=O)NCCCNc1ccccc1. The zero-order valence-corrected chi connectivity index (χ0v) is 12.0. The van der Waals surface area contributed by atoms with Crippen LogP contribution in [0.1, 0.15) is 6.42 Å². The number of anilines is 1. The number of hydrogen-bond acceptors (Lipinski definition) is 4. The number of ether oxygens (including phenoxy) is 1. The molecule has 20 heavy (non-hydrogen) atoms. The number of morpholine rings is 1. The molecule has 0 saturated carbocycles. The van der Waals surface area contributed by atoms with E-state index in [4.69, 9.17) is 4.74 Å². The number of hydrogen-bond donors (Lipinski definition) is 2. The predicted octanol–water partition coefficient (Wildman–Crippen LogP) is 0.935. The maximum Gasteiger partial charge on any atom is 0.239 e. The number of nitrogens with zero attached hydrogens (tertiary/aromatic N) is 1. The number of benzene rings is 1. The summed E-state index contributed by atoms with van der Waals surface area (Å²) in [5.41, 5.74) is 1.11. The highest BCUT2D eigenvalue weighted by atomic mass is 16.5. The van der Waals surface area contributed by atoms with Gasteiger partial charge in [0.2, 0.25) is 5.91 Å². The minimum absolute atomic E-state index is 0.0620. The second-order valence-electron chi connectivity index (χ2n) is 5.01. The summed E-state index contributed by atoms with van der Waals surface area (Å²) in [5.74, 6) is 0.0620. The van der Waals surface area contributed by atoms with Crippen molar-refractivity contribution in [3.8, 4) is 0 Å². The molecule has 1 saturated heterocycles. The lowest BCUT2D eigenvalue weighted by atomic mass is 10.2. The number of rotatable bonds is 6. The molecule has 1 fully saturated rings. The maximum absolute atomic E-state index is 12.0. The fraction of sp³-hybridized carbons (Fsp3) is 0.533. The number of carbonyl (C=O) groups is 1. The number of likely N-dealkylation sites (N-methyl/N-ethyl adjacent to an activating group) is 1. The van der Waals surface area contributed by atoms with Crippen LogP contribution < -0.4 is 10.6 Å². The van der Waals surface area contributed by atoms with Gasteiger partial charge in [0.15, 0.2) is 0 Å².